The Balaban J connectivity index is 1.87. The number of benzene rings is 2. The number of ether oxygens (including phenoxy) is 4. The van der Waals surface area contributed by atoms with Crippen LogP contribution in [0, 0.1) is 0 Å². The summed E-state index contributed by atoms with van der Waals surface area (Å²) in [6.07, 6.45) is -1.06. The molecule has 0 saturated heterocycles. The highest BCUT2D eigenvalue weighted by Crippen LogP contribution is 2.22. The number of hydrogen-bond acceptors (Lipinski definition) is 7. The van der Waals surface area contributed by atoms with Gasteiger partial charge in [-0.3, -0.25) is 14.4 Å². The number of methoxy groups -OCH3 is 3. The molecule has 0 spiro atoms. The maximum Gasteiger partial charge on any atom is 0.326 e. The zero-order valence-corrected chi connectivity index (χ0v) is 17.2. The molecule has 0 aliphatic carbocycles. The first-order valence-electron chi connectivity index (χ1n) is 9.02. The van der Waals surface area contributed by atoms with Crippen LogP contribution >= 0.6 is 0 Å². The molecular formula is C21H24N2O7. The normalized spacial score (nSPS) is 11.1. The van der Waals surface area contributed by atoms with Crippen LogP contribution in [-0.2, 0) is 14.3 Å². The predicted octanol–water partition coefficient (Wildman–Crippen LogP) is 2.01. The Bertz CT molecular complexity index is 892. The molecule has 0 radical (unpaired) electrons. The molecule has 2 amide bonds. The smallest absolute Gasteiger partial charge is 0.326 e. The van der Waals surface area contributed by atoms with Gasteiger partial charge in [-0.2, -0.15) is 0 Å². The monoisotopic (exact) mass is 416 g/mol. The van der Waals surface area contributed by atoms with Gasteiger partial charge in [-0.15, -0.1) is 0 Å². The third-order valence-corrected chi connectivity index (χ3v) is 4.02. The van der Waals surface area contributed by atoms with Crippen LogP contribution in [0.5, 0.6) is 17.2 Å². The van der Waals surface area contributed by atoms with E-state index in [1.165, 1.54) is 40.4 Å². The highest BCUT2D eigenvalue weighted by Gasteiger charge is 2.19. The molecule has 0 aliphatic heterocycles. The number of hydrogen-bond donors (Lipinski definition) is 2. The number of amides is 2. The summed E-state index contributed by atoms with van der Waals surface area (Å²) in [4.78, 5) is 36.5. The first kappa shape index (κ1) is 22.5. The lowest BCUT2D eigenvalue weighted by Gasteiger charge is -2.14. The van der Waals surface area contributed by atoms with Gasteiger partial charge in [-0.25, -0.2) is 0 Å². The number of nitrogens with one attached hydrogen (secondary N) is 2. The largest absolute Gasteiger partial charge is 0.497 e. The lowest BCUT2D eigenvalue weighted by molar-refractivity contribution is -0.152. The van der Waals surface area contributed by atoms with Gasteiger partial charge in [0.2, 0.25) is 0 Å². The summed E-state index contributed by atoms with van der Waals surface area (Å²) in [5.74, 6) is -0.339. The molecule has 2 N–H and O–H groups in total. The summed E-state index contributed by atoms with van der Waals surface area (Å²) >= 11 is 0. The second-order valence-corrected chi connectivity index (χ2v) is 6.14. The first-order valence-corrected chi connectivity index (χ1v) is 9.02. The van der Waals surface area contributed by atoms with E-state index >= 15 is 0 Å². The maximum absolute atomic E-state index is 12.3. The van der Waals surface area contributed by atoms with Crippen LogP contribution in [0.15, 0.2) is 42.5 Å². The number of rotatable bonds is 9. The van der Waals surface area contributed by atoms with E-state index in [1.807, 2.05) is 0 Å². The molecule has 2 rings (SSSR count). The molecule has 160 valence electrons. The molecule has 2 aromatic carbocycles. The van der Waals surface area contributed by atoms with E-state index in [0.717, 1.165) is 0 Å². The van der Waals surface area contributed by atoms with Gasteiger partial charge in [-0.1, -0.05) is 6.07 Å². The molecule has 2 aromatic rings. The Morgan fingerprint density at radius 2 is 1.53 bits per heavy atom. The summed E-state index contributed by atoms with van der Waals surface area (Å²) in [7, 11) is 4.44. The molecule has 0 unspecified atom stereocenters. The second kappa shape index (κ2) is 10.7. The van der Waals surface area contributed by atoms with Gasteiger partial charge >= 0.3 is 5.97 Å². The van der Waals surface area contributed by atoms with Crippen molar-refractivity contribution < 1.29 is 33.3 Å². The van der Waals surface area contributed by atoms with E-state index < -0.39 is 30.4 Å². The highest BCUT2D eigenvalue weighted by atomic mass is 16.5. The average molecular weight is 416 g/mol. The fourth-order valence-electron chi connectivity index (χ4n) is 2.43. The Hall–Kier alpha value is -3.75. The SMILES string of the molecule is COc1cccc(NC(=O)[C@@H](C)OC(=O)CNC(=O)c2cc(OC)cc(OC)c2)c1. The van der Waals surface area contributed by atoms with Crippen LogP contribution in [0.25, 0.3) is 0 Å². The van der Waals surface area contributed by atoms with Crippen molar-refractivity contribution >= 4 is 23.5 Å². The topological polar surface area (TPSA) is 112 Å². The lowest BCUT2D eigenvalue weighted by atomic mass is 10.2. The number of esters is 1. The van der Waals surface area contributed by atoms with Gasteiger partial charge in [0.05, 0.1) is 21.3 Å². The standard InChI is InChI=1S/C21H24N2O7/c1-13(20(25)23-15-6-5-7-16(10-15)27-2)30-19(24)12-22-21(26)14-8-17(28-3)11-18(9-14)29-4/h5-11,13H,12H2,1-4H3,(H,22,26)(H,23,25)/t13-/m1/s1. The number of carbonyl (C=O) groups is 3. The van der Waals surface area contributed by atoms with E-state index in [9.17, 15) is 14.4 Å². The molecule has 0 heterocycles. The Kier molecular flexibility index (Phi) is 8.04. The Labute approximate surface area is 174 Å². The van der Waals surface area contributed by atoms with Crippen molar-refractivity contribution in [1.29, 1.82) is 0 Å². The Morgan fingerprint density at radius 1 is 0.900 bits per heavy atom. The van der Waals surface area contributed by atoms with Gasteiger partial charge in [-0.05, 0) is 31.2 Å². The van der Waals surface area contributed by atoms with Crippen molar-refractivity contribution in [3.05, 3.63) is 48.0 Å². The van der Waals surface area contributed by atoms with Gasteiger partial charge < -0.3 is 29.6 Å². The highest BCUT2D eigenvalue weighted by molar-refractivity contribution is 5.98. The number of anilines is 1. The minimum absolute atomic E-state index is 0.253. The van der Waals surface area contributed by atoms with Crippen LogP contribution < -0.4 is 24.8 Å². The fraction of sp³-hybridized carbons (Fsp3) is 0.286. The molecule has 9 heteroatoms. The molecular weight excluding hydrogens is 392 g/mol. The molecule has 1 atom stereocenters. The second-order valence-electron chi connectivity index (χ2n) is 6.14. The van der Waals surface area contributed by atoms with E-state index in [-0.39, 0.29) is 5.56 Å². The van der Waals surface area contributed by atoms with E-state index in [1.54, 1.807) is 30.3 Å². The van der Waals surface area contributed by atoms with E-state index in [2.05, 4.69) is 10.6 Å². The van der Waals surface area contributed by atoms with Crippen LogP contribution in [0.4, 0.5) is 5.69 Å². The minimum Gasteiger partial charge on any atom is -0.497 e. The van der Waals surface area contributed by atoms with Crippen LogP contribution in [-0.4, -0.2) is 51.8 Å². The first-order chi connectivity index (χ1) is 14.4. The van der Waals surface area contributed by atoms with Crippen molar-refractivity contribution in [3.63, 3.8) is 0 Å². The van der Waals surface area contributed by atoms with Crippen LogP contribution in [0.2, 0.25) is 0 Å². The zero-order chi connectivity index (χ0) is 22.1. The summed E-state index contributed by atoms with van der Waals surface area (Å²) in [6, 6.07) is 11.4. The average Bonchev–Trinajstić information content (AvgIpc) is 2.76. The summed E-state index contributed by atoms with van der Waals surface area (Å²) in [5.41, 5.74) is 0.755. The van der Waals surface area contributed by atoms with Crippen molar-refractivity contribution in [2.75, 3.05) is 33.2 Å². The molecule has 0 saturated carbocycles. The molecule has 0 aromatic heterocycles. The van der Waals surface area contributed by atoms with Crippen molar-refractivity contribution in [2.24, 2.45) is 0 Å². The van der Waals surface area contributed by atoms with Gasteiger partial charge in [0.15, 0.2) is 6.10 Å². The Morgan fingerprint density at radius 3 is 2.13 bits per heavy atom. The molecule has 0 fully saturated rings. The molecule has 30 heavy (non-hydrogen) atoms. The van der Waals surface area contributed by atoms with Crippen LogP contribution in [0.3, 0.4) is 0 Å². The fourth-order valence-corrected chi connectivity index (χ4v) is 2.43. The quantitative estimate of drug-likeness (QED) is 0.602. The zero-order valence-electron chi connectivity index (χ0n) is 17.2. The lowest BCUT2D eigenvalue weighted by Crippen LogP contribution is -2.35. The van der Waals surface area contributed by atoms with E-state index in [0.29, 0.717) is 22.9 Å². The van der Waals surface area contributed by atoms with Crippen molar-refractivity contribution in [1.82, 2.24) is 5.32 Å². The summed E-state index contributed by atoms with van der Waals surface area (Å²) in [6.45, 7) is 1.03. The maximum atomic E-state index is 12.3. The molecule has 0 bridgehead atoms. The van der Waals surface area contributed by atoms with Crippen molar-refractivity contribution in [2.45, 2.75) is 13.0 Å². The summed E-state index contributed by atoms with van der Waals surface area (Å²) < 4.78 is 20.4. The molecule has 0 aliphatic rings. The van der Waals surface area contributed by atoms with Crippen molar-refractivity contribution in [3.8, 4) is 17.2 Å². The summed E-state index contributed by atoms with van der Waals surface area (Å²) in [5, 5.41) is 5.06. The predicted molar refractivity (Wildman–Crippen MR) is 109 cm³/mol. The number of carbonyl (C=O) groups excluding carboxylic acids is 3. The minimum atomic E-state index is -1.06. The third-order valence-electron chi connectivity index (χ3n) is 4.02. The molecule has 9 nitrogen and oxygen atoms in total. The van der Waals surface area contributed by atoms with Gasteiger partial charge in [0.25, 0.3) is 11.8 Å². The van der Waals surface area contributed by atoms with Gasteiger partial charge in [0, 0.05) is 23.4 Å². The van der Waals surface area contributed by atoms with E-state index in [4.69, 9.17) is 18.9 Å². The van der Waals surface area contributed by atoms with Crippen LogP contribution in [0.1, 0.15) is 17.3 Å². The third kappa shape index (κ3) is 6.40. The van der Waals surface area contributed by atoms with Gasteiger partial charge in [0.1, 0.15) is 23.8 Å².